The first-order valence-electron chi connectivity index (χ1n) is 6.34. The van der Waals surface area contributed by atoms with Crippen molar-refractivity contribution in [3.05, 3.63) is 0 Å². The Morgan fingerprint density at radius 1 is 1.13 bits per heavy atom. The minimum Gasteiger partial charge on any atom is -0.313 e. The van der Waals surface area contributed by atoms with Crippen molar-refractivity contribution in [1.29, 1.82) is 0 Å². The summed E-state index contributed by atoms with van der Waals surface area (Å²) >= 11 is 0. The lowest BCUT2D eigenvalue weighted by molar-refractivity contribution is 0.0469. The van der Waals surface area contributed by atoms with Crippen LogP contribution in [0.1, 0.15) is 26.7 Å². The molecule has 2 rings (SSSR count). The first-order chi connectivity index (χ1) is 7.16. The second kappa shape index (κ2) is 4.81. The van der Waals surface area contributed by atoms with E-state index in [1.165, 1.54) is 39.0 Å². The molecule has 0 saturated carbocycles. The van der Waals surface area contributed by atoms with Gasteiger partial charge in [-0.1, -0.05) is 0 Å². The lowest BCUT2D eigenvalue weighted by Gasteiger charge is -2.45. The Balaban J connectivity index is 1.87. The van der Waals surface area contributed by atoms with Crippen LogP contribution in [0, 0.1) is 0 Å². The molecule has 0 aromatic rings. The molecule has 0 radical (unpaired) electrons. The number of nitrogens with zero attached hydrogens (tertiary/aromatic N) is 2. The summed E-state index contributed by atoms with van der Waals surface area (Å²) in [7, 11) is 2.23. The Hall–Kier alpha value is -0.120. The second-order valence-electron chi connectivity index (χ2n) is 5.39. The van der Waals surface area contributed by atoms with Gasteiger partial charge in [0.05, 0.1) is 0 Å². The van der Waals surface area contributed by atoms with E-state index >= 15 is 0 Å². The summed E-state index contributed by atoms with van der Waals surface area (Å²) in [5.41, 5.74) is 0. The molecule has 0 aliphatic carbocycles. The summed E-state index contributed by atoms with van der Waals surface area (Å²) in [4.78, 5) is 5.15. The summed E-state index contributed by atoms with van der Waals surface area (Å²) < 4.78 is 0. The van der Waals surface area contributed by atoms with Crippen molar-refractivity contribution in [2.24, 2.45) is 0 Å². The van der Waals surface area contributed by atoms with Crippen LogP contribution in [0.15, 0.2) is 0 Å². The lowest BCUT2D eigenvalue weighted by Crippen LogP contribution is -2.58. The first kappa shape index (κ1) is 11.4. The zero-order valence-electron chi connectivity index (χ0n) is 10.4. The van der Waals surface area contributed by atoms with Crippen LogP contribution >= 0.6 is 0 Å². The zero-order valence-corrected chi connectivity index (χ0v) is 10.4. The van der Waals surface area contributed by atoms with Gasteiger partial charge in [-0.15, -0.1) is 0 Å². The molecule has 1 N–H and O–H groups in total. The van der Waals surface area contributed by atoms with Crippen LogP contribution in [-0.4, -0.2) is 61.2 Å². The zero-order chi connectivity index (χ0) is 10.8. The molecule has 2 aliphatic rings. The lowest BCUT2D eigenvalue weighted by atomic mass is 9.98. The fourth-order valence-corrected chi connectivity index (χ4v) is 2.96. The van der Waals surface area contributed by atoms with Gasteiger partial charge in [-0.25, -0.2) is 0 Å². The average molecular weight is 211 g/mol. The first-order valence-corrected chi connectivity index (χ1v) is 6.34. The Kier molecular flexibility index (Phi) is 3.65. The molecule has 3 nitrogen and oxygen atoms in total. The molecule has 2 aliphatic heterocycles. The molecule has 3 atom stereocenters. The molecular formula is C12H25N3. The molecule has 0 aromatic carbocycles. The van der Waals surface area contributed by atoms with Crippen molar-refractivity contribution in [2.45, 2.75) is 44.8 Å². The third-order valence-electron chi connectivity index (χ3n) is 3.99. The maximum absolute atomic E-state index is 3.61. The third kappa shape index (κ3) is 2.71. The molecule has 88 valence electrons. The molecule has 2 heterocycles. The van der Waals surface area contributed by atoms with E-state index in [1.807, 2.05) is 0 Å². The van der Waals surface area contributed by atoms with Crippen molar-refractivity contribution in [2.75, 3.05) is 33.2 Å². The van der Waals surface area contributed by atoms with E-state index in [0.717, 1.165) is 18.1 Å². The number of rotatable bonds is 1. The highest BCUT2D eigenvalue weighted by molar-refractivity contribution is 4.88. The number of nitrogens with one attached hydrogen (secondary N) is 1. The highest BCUT2D eigenvalue weighted by Gasteiger charge is 2.29. The van der Waals surface area contributed by atoms with Crippen molar-refractivity contribution in [3.8, 4) is 0 Å². The highest BCUT2D eigenvalue weighted by atomic mass is 15.3. The van der Waals surface area contributed by atoms with Crippen LogP contribution in [0.2, 0.25) is 0 Å². The molecule has 0 amide bonds. The molecule has 0 spiro atoms. The van der Waals surface area contributed by atoms with E-state index in [0.29, 0.717) is 0 Å². The maximum Gasteiger partial charge on any atom is 0.0225 e. The second-order valence-corrected chi connectivity index (χ2v) is 5.39. The topological polar surface area (TPSA) is 18.5 Å². The van der Waals surface area contributed by atoms with Crippen LogP contribution < -0.4 is 5.32 Å². The quantitative estimate of drug-likeness (QED) is 0.691. The number of hydrogen-bond acceptors (Lipinski definition) is 3. The van der Waals surface area contributed by atoms with Gasteiger partial charge in [0.25, 0.3) is 0 Å². The van der Waals surface area contributed by atoms with E-state index in [1.54, 1.807) is 0 Å². The van der Waals surface area contributed by atoms with Gasteiger partial charge in [-0.3, -0.25) is 4.90 Å². The normalized spacial score (nSPS) is 40.6. The predicted molar refractivity (Wildman–Crippen MR) is 64.2 cm³/mol. The predicted octanol–water partition coefficient (Wildman–Crippen LogP) is 0.763. The monoisotopic (exact) mass is 211 g/mol. The molecule has 0 aromatic heterocycles. The minimum absolute atomic E-state index is 0.726. The highest BCUT2D eigenvalue weighted by Crippen LogP contribution is 2.18. The van der Waals surface area contributed by atoms with Crippen molar-refractivity contribution < 1.29 is 0 Å². The number of piperazine rings is 1. The van der Waals surface area contributed by atoms with Gasteiger partial charge in [-0.2, -0.15) is 0 Å². The van der Waals surface area contributed by atoms with E-state index in [-0.39, 0.29) is 0 Å². The summed E-state index contributed by atoms with van der Waals surface area (Å²) in [6.07, 6.45) is 2.71. The molecular weight excluding hydrogens is 186 g/mol. The molecule has 15 heavy (non-hydrogen) atoms. The fraction of sp³-hybridized carbons (Fsp3) is 1.00. The molecule has 3 unspecified atom stereocenters. The number of hydrogen-bond donors (Lipinski definition) is 1. The largest absolute Gasteiger partial charge is 0.313 e. The van der Waals surface area contributed by atoms with Gasteiger partial charge in [0, 0.05) is 44.3 Å². The Morgan fingerprint density at radius 3 is 2.53 bits per heavy atom. The Morgan fingerprint density at radius 2 is 1.93 bits per heavy atom. The van der Waals surface area contributed by atoms with Crippen molar-refractivity contribution in [1.82, 2.24) is 15.1 Å². The molecule has 2 fully saturated rings. The fourth-order valence-electron chi connectivity index (χ4n) is 2.96. The maximum atomic E-state index is 3.61. The Bertz CT molecular complexity index is 199. The van der Waals surface area contributed by atoms with E-state index in [2.05, 4.69) is 36.0 Å². The summed E-state index contributed by atoms with van der Waals surface area (Å²) in [6, 6.07) is 2.23. The number of likely N-dealkylation sites (N-methyl/N-ethyl adjacent to an activating group) is 1. The van der Waals surface area contributed by atoms with Crippen LogP contribution in [0.4, 0.5) is 0 Å². The van der Waals surface area contributed by atoms with Crippen molar-refractivity contribution in [3.63, 3.8) is 0 Å². The molecule has 2 saturated heterocycles. The van der Waals surface area contributed by atoms with Gasteiger partial charge in [0.2, 0.25) is 0 Å². The standard InChI is InChI=1S/C12H25N3/c1-10-4-5-12(8-13-10)15-7-6-14(3)9-11(15)2/h10-13H,4-9H2,1-3H3. The van der Waals surface area contributed by atoms with E-state index in [4.69, 9.17) is 0 Å². The van der Waals surface area contributed by atoms with Gasteiger partial charge < -0.3 is 10.2 Å². The molecule has 3 heteroatoms. The summed E-state index contributed by atoms with van der Waals surface area (Å²) in [5, 5.41) is 3.61. The van der Waals surface area contributed by atoms with Crippen LogP contribution in [-0.2, 0) is 0 Å². The van der Waals surface area contributed by atoms with Crippen molar-refractivity contribution >= 4 is 0 Å². The van der Waals surface area contributed by atoms with Gasteiger partial charge in [0.15, 0.2) is 0 Å². The van der Waals surface area contributed by atoms with Crippen LogP contribution in [0.5, 0.6) is 0 Å². The van der Waals surface area contributed by atoms with Crippen LogP contribution in [0.25, 0.3) is 0 Å². The van der Waals surface area contributed by atoms with E-state index in [9.17, 15) is 0 Å². The SMILES string of the molecule is CC1CCC(N2CCN(C)CC2C)CN1. The minimum atomic E-state index is 0.726. The van der Waals surface area contributed by atoms with Crippen LogP contribution in [0.3, 0.4) is 0 Å². The van der Waals surface area contributed by atoms with Gasteiger partial charge >= 0.3 is 0 Å². The Labute approximate surface area is 93.8 Å². The van der Waals surface area contributed by atoms with E-state index < -0.39 is 0 Å². The average Bonchev–Trinajstić information content (AvgIpc) is 2.20. The number of piperidine rings is 1. The van der Waals surface area contributed by atoms with Gasteiger partial charge in [0.1, 0.15) is 0 Å². The summed E-state index contributed by atoms with van der Waals surface area (Å²) in [6.45, 7) is 9.56. The van der Waals surface area contributed by atoms with Gasteiger partial charge in [-0.05, 0) is 33.7 Å². The smallest absolute Gasteiger partial charge is 0.0225 e. The third-order valence-corrected chi connectivity index (χ3v) is 3.99. The summed E-state index contributed by atoms with van der Waals surface area (Å²) in [5.74, 6) is 0. The molecule has 0 bridgehead atoms.